The molecule has 0 unspecified atom stereocenters. The van der Waals surface area contributed by atoms with Crippen molar-refractivity contribution in [1.82, 2.24) is 19.7 Å². The molecule has 1 N–H and O–H groups in total. The lowest BCUT2D eigenvalue weighted by Crippen LogP contribution is -2.48. The summed E-state index contributed by atoms with van der Waals surface area (Å²) in [5.41, 5.74) is 2.13. The fraction of sp³-hybridized carbons (Fsp3) is 0.375. The van der Waals surface area contributed by atoms with E-state index >= 15 is 0 Å². The highest BCUT2D eigenvalue weighted by molar-refractivity contribution is 5.98. The van der Waals surface area contributed by atoms with Crippen LogP contribution in [-0.4, -0.2) is 49.2 Å². The molecule has 7 heteroatoms. The SMILES string of the molecule is Cc1cc(-n2cncn2)ccc1C(=O)N1CCCC[C@H]1C(=O)O. The van der Waals surface area contributed by atoms with Crippen LogP contribution in [0.1, 0.15) is 35.2 Å². The van der Waals surface area contributed by atoms with Crippen molar-refractivity contribution in [2.75, 3.05) is 6.54 Å². The Morgan fingerprint density at radius 1 is 1.30 bits per heavy atom. The lowest BCUT2D eigenvalue weighted by Gasteiger charge is -2.33. The van der Waals surface area contributed by atoms with E-state index in [0.717, 1.165) is 24.1 Å². The molecule has 1 aromatic heterocycles. The number of carbonyl (C=O) groups excluding carboxylic acids is 1. The van der Waals surface area contributed by atoms with Gasteiger partial charge in [-0.2, -0.15) is 5.10 Å². The van der Waals surface area contributed by atoms with E-state index in [-0.39, 0.29) is 5.91 Å². The molecule has 120 valence electrons. The van der Waals surface area contributed by atoms with Crippen molar-refractivity contribution in [2.45, 2.75) is 32.2 Å². The summed E-state index contributed by atoms with van der Waals surface area (Å²) in [6.07, 6.45) is 5.22. The molecular weight excluding hydrogens is 296 g/mol. The molecular formula is C16H18N4O3. The van der Waals surface area contributed by atoms with Gasteiger partial charge in [-0.15, -0.1) is 0 Å². The van der Waals surface area contributed by atoms with Gasteiger partial charge in [-0.1, -0.05) is 0 Å². The topological polar surface area (TPSA) is 88.3 Å². The number of aliphatic carboxylic acids is 1. The Morgan fingerprint density at radius 2 is 2.13 bits per heavy atom. The van der Waals surface area contributed by atoms with Crippen LogP contribution in [0.2, 0.25) is 0 Å². The molecule has 1 aliphatic rings. The average molecular weight is 314 g/mol. The summed E-state index contributed by atoms with van der Waals surface area (Å²) in [7, 11) is 0. The van der Waals surface area contributed by atoms with Crippen molar-refractivity contribution in [3.8, 4) is 5.69 Å². The van der Waals surface area contributed by atoms with Gasteiger partial charge in [-0.3, -0.25) is 4.79 Å². The number of hydrogen-bond acceptors (Lipinski definition) is 4. The molecule has 1 fully saturated rings. The number of carboxylic acids is 1. The van der Waals surface area contributed by atoms with Gasteiger partial charge in [0, 0.05) is 12.1 Å². The first kappa shape index (κ1) is 15.2. The molecule has 2 aromatic rings. The minimum Gasteiger partial charge on any atom is -0.480 e. The molecule has 1 aromatic carbocycles. The number of amides is 1. The molecule has 0 spiro atoms. The van der Waals surface area contributed by atoms with Crippen LogP contribution < -0.4 is 0 Å². The zero-order chi connectivity index (χ0) is 16.4. The maximum atomic E-state index is 12.8. The third-order valence-electron chi connectivity index (χ3n) is 4.17. The maximum absolute atomic E-state index is 12.8. The number of rotatable bonds is 3. The number of nitrogens with zero attached hydrogens (tertiary/aromatic N) is 4. The first-order valence-electron chi connectivity index (χ1n) is 7.57. The van der Waals surface area contributed by atoms with Crippen molar-refractivity contribution in [2.24, 2.45) is 0 Å². The molecule has 2 heterocycles. The van der Waals surface area contributed by atoms with Gasteiger partial charge in [-0.05, 0) is 49.9 Å². The highest BCUT2D eigenvalue weighted by atomic mass is 16.4. The van der Waals surface area contributed by atoms with E-state index in [4.69, 9.17) is 0 Å². The van der Waals surface area contributed by atoms with Gasteiger partial charge >= 0.3 is 5.97 Å². The van der Waals surface area contributed by atoms with Gasteiger partial charge in [0.2, 0.25) is 0 Å². The molecule has 0 aliphatic carbocycles. The zero-order valence-corrected chi connectivity index (χ0v) is 12.8. The minimum absolute atomic E-state index is 0.222. The number of likely N-dealkylation sites (tertiary alicyclic amines) is 1. The third kappa shape index (κ3) is 2.94. The van der Waals surface area contributed by atoms with E-state index in [1.54, 1.807) is 23.1 Å². The van der Waals surface area contributed by atoms with E-state index in [9.17, 15) is 14.7 Å². The summed E-state index contributed by atoms with van der Waals surface area (Å²) in [4.78, 5) is 29.5. The molecule has 7 nitrogen and oxygen atoms in total. The van der Waals surface area contributed by atoms with E-state index in [0.29, 0.717) is 18.5 Å². The summed E-state index contributed by atoms with van der Waals surface area (Å²) in [6.45, 7) is 2.33. The maximum Gasteiger partial charge on any atom is 0.326 e. The van der Waals surface area contributed by atoms with E-state index < -0.39 is 12.0 Å². The summed E-state index contributed by atoms with van der Waals surface area (Å²) in [6, 6.07) is 4.63. The monoisotopic (exact) mass is 314 g/mol. The van der Waals surface area contributed by atoms with Gasteiger partial charge in [-0.25, -0.2) is 14.5 Å². The van der Waals surface area contributed by atoms with E-state index in [1.165, 1.54) is 11.2 Å². The highest BCUT2D eigenvalue weighted by Gasteiger charge is 2.32. The number of piperidine rings is 1. The third-order valence-corrected chi connectivity index (χ3v) is 4.17. The Balaban J connectivity index is 1.88. The Bertz CT molecular complexity index is 727. The first-order chi connectivity index (χ1) is 11.1. The van der Waals surface area contributed by atoms with Crippen molar-refractivity contribution in [3.05, 3.63) is 42.0 Å². The Kier molecular flexibility index (Phi) is 4.10. The molecule has 1 amide bonds. The van der Waals surface area contributed by atoms with Gasteiger partial charge in [0.1, 0.15) is 18.7 Å². The lowest BCUT2D eigenvalue weighted by molar-refractivity contribution is -0.143. The quantitative estimate of drug-likeness (QED) is 0.930. The number of hydrogen-bond donors (Lipinski definition) is 1. The predicted octanol–water partition coefficient (Wildman–Crippen LogP) is 1.66. The van der Waals surface area contributed by atoms with E-state index in [1.807, 2.05) is 13.0 Å². The Labute approximate surface area is 133 Å². The first-order valence-corrected chi connectivity index (χ1v) is 7.57. The van der Waals surface area contributed by atoms with Crippen LogP contribution in [0.4, 0.5) is 0 Å². The molecule has 1 aliphatic heterocycles. The Morgan fingerprint density at radius 3 is 2.78 bits per heavy atom. The number of carbonyl (C=O) groups is 2. The number of aromatic nitrogens is 3. The second kappa shape index (κ2) is 6.20. The molecule has 23 heavy (non-hydrogen) atoms. The van der Waals surface area contributed by atoms with Crippen LogP contribution in [0.3, 0.4) is 0 Å². The average Bonchev–Trinajstić information content (AvgIpc) is 3.08. The van der Waals surface area contributed by atoms with Gasteiger partial charge in [0.05, 0.1) is 5.69 Å². The number of aryl methyl sites for hydroxylation is 1. The normalized spacial score (nSPS) is 18.0. The van der Waals surface area contributed by atoms with Crippen LogP contribution in [0, 0.1) is 6.92 Å². The van der Waals surface area contributed by atoms with Crippen LogP contribution in [0.5, 0.6) is 0 Å². The second-order valence-corrected chi connectivity index (χ2v) is 5.69. The molecule has 3 rings (SSSR count). The van der Waals surface area contributed by atoms with Crippen molar-refractivity contribution in [3.63, 3.8) is 0 Å². The number of carboxylic acid groups (broad SMARTS) is 1. The van der Waals surface area contributed by atoms with Crippen LogP contribution in [0.15, 0.2) is 30.9 Å². The van der Waals surface area contributed by atoms with Crippen LogP contribution in [0.25, 0.3) is 5.69 Å². The summed E-state index contributed by atoms with van der Waals surface area (Å²) in [5.74, 6) is -1.16. The lowest BCUT2D eigenvalue weighted by atomic mass is 9.99. The van der Waals surface area contributed by atoms with Crippen LogP contribution >= 0.6 is 0 Å². The predicted molar refractivity (Wildman–Crippen MR) is 82.4 cm³/mol. The molecule has 0 bridgehead atoms. The molecule has 1 saturated heterocycles. The van der Waals surface area contributed by atoms with Gasteiger partial charge in [0.25, 0.3) is 5.91 Å². The number of benzene rings is 1. The summed E-state index contributed by atoms with van der Waals surface area (Å²) in [5, 5.41) is 13.4. The van der Waals surface area contributed by atoms with E-state index in [2.05, 4.69) is 10.1 Å². The molecule has 0 radical (unpaired) electrons. The summed E-state index contributed by atoms with van der Waals surface area (Å²) >= 11 is 0. The Hall–Kier alpha value is -2.70. The highest BCUT2D eigenvalue weighted by Crippen LogP contribution is 2.22. The minimum atomic E-state index is -0.935. The smallest absolute Gasteiger partial charge is 0.326 e. The van der Waals surface area contributed by atoms with Crippen molar-refractivity contribution in [1.29, 1.82) is 0 Å². The van der Waals surface area contributed by atoms with Crippen molar-refractivity contribution >= 4 is 11.9 Å². The second-order valence-electron chi connectivity index (χ2n) is 5.69. The fourth-order valence-corrected chi connectivity index (χ4v) is 2.96. The molecule has 1 atom stereocenters. The van der Waals surface area contributed by atoms with Crippen molar-refractivity contribution < 1.29 is 14.7 Å². The largest absolute Gasteiger partial charge is 0.480 e. The zero-order valence-electron chi connectivity index (χ0n) is 12.8. The fourth-order valence-electron chi connectivity index (χ4n) is 2.96. The van der Waals surface area contributed by atoms with Crippen LogP contribution in [-0.2, 0) is 4.79 Å². The summed E-state index contributed by atoms with van der Waals surface area (Å²) < 4.78 is 1.61. The molecule has 0 saturated carbocycles. The van der Waals surface area contributed by atoms with Gasteiger partial charge < -0.3 is 10.0 Å². The van der Waals surface area contributed by atoms with Gasteiger partial charge in [0.15, 0.2) is 0 Å². The standard InChI is InChI=1S/C16H18N4O3/c1-11-8-12(20-10-17-9-18-20)5-6-13(11)15(21)19-7-3-2-4-14(19)16(22)23/h5-6,8-10,14H,2-4,7H2,1H3,(H,22,23)/t14-/m0/s1.